The molecule has 2 saturated carbocycles. The molecule has 2 rings (SSSR count). The first-order valence-electron chi connectivity index (χ1n) is 6.91. The first-order valence-corrected chi connectivity index (χ1v) is 6.91. The van der Waals surface area contributed by atoms with E-state index in [1.54, 1.807) is 6.92 Å². The zero-order valence-corrected chi connectivity index (χ0v) is 11.5. The van der Waals surface area contributed by atoms with Gasteiger partial charge in [0.15, 0.2) is 0 Å². The van der Waals surface area contributed by atoms with Gasteiger partial charge < -0.3 is 10.1 Å². The van der Waals surface area contributed by atoms with Crippen LogP contribution in [0.4, 0.5) is 13.2 Å². The summed E-state index contributed by atoms with van der Waals surface area (Å²) in [5.74, 6) is -1.63. The zero-order valence-electron chi connectivity index (χ0n) is 11.5. The van der Waals surface area contributed by atoms with E-state index < -0.39 is 12.1 Å². The van der Waals surface area contributed by atoms with Gasteiger partial charge in [0.1, 0.15) is 0 Å². The molecule has 4 unspecified atom stereocenters. The highest BCUT2D eigenvalue weighted by molar-refractivity contribution is 5.91. The SMILES string of the molecule is C=C(C)C(=O)NCCOC1CC2CC1CC2C(F)(F)F. The number of carbonyl (C=O) groups is 1. The van der Waals surface area contributed by atoms with E-state index in [9.17, 15) is 18.0 Å². The largest absolute Gasteiger partial charge is 0.392 e. The van der Waals surface area contributed by atoms with Crippen LogP contribution in [0.5, 0.6) is 0 Å². The summed E-state index contributed by atoms with van der Waals surface area (Å²) in [6, 6.07) is 0. The van der Waals surface area contributed by atoms with Crippen molar-refractivity contribution in [2.24, 2.45) is 17.8 Å². The van der Waals surface area contributed by atoms with Crippen molar-refractivity contribution in [1.29, 1.82) is 0 Å². The molecular weight excluding hydrogens is 271 g/mol. The maximum absolute atomic E-state index is 12.7. The lowest BCUT2D eigenvalue weighted by molar-refractivity contribution is -0.192. The fourth-order valence-corrected chi connectivity index (χ4v) is 3.35. The maximum Gasteiger partial charge on any atom is 0.392 e. The van der Waals surface area contributed by atoms with Gasteiger partial charge in [0.25, 0.3) is 0 Å². The molecule has 0 aromatic rings. The third-order valence-electron chi connectivity index (χ3n) is 4.32. The fourth-order valence-electron chi connectivity index (χ4n) is 3.35. The Morgan fingerprint density at radius 3 is 2.50 bits per heavy atom. The molecule has 2 aliphatic rings. The van der Waals surface area contributed by atoms with Crippen molar-refractivity contribution in [3.63, 3.8) is 0 Å². The summed E-state index contributed by atoms with van der Waals surface area (Å²) in [6.45, 7) is 5.83. The van der Waals surface area contributed by atoms with Gasteiger partial charge in [-0.05, 0) is 38.0 Å². The van der Waals surface area contributed by atoms with Crippen molar-refractivity contribution >= 4 is 5.91 Å². The Morgan fingerprint density at radius 1 is 1.30 bits per heavy atom. The van der Waals surface area contributed by atoms with Crippen LogP contribution in [0.25, 0.3) is 0 Å². The molecule has 4 atom stereocenters. The van der Waals surface area contributed by atoms with E-state index in [4.69, 9.17) is 4.74 Å². The number of alkyl halides is 3. The van der Waals surface area contributed by atoms with E-state index in [1.807, 2.05) is 0 Å². The molecule has 0 heterocycles. The quantitative estimate of drug-likeness (QED) is 0.625. The Morgan fingerprint density at radius 2 is 2.00 bits per heavy atom. The molecule has 0 radical (unpaired) electrons. The van der Waals surface area contributed by atoms with Crippen molar-refractivity contribution in [1.82, 2.24) is 5.32 Å². The van der Waals surface area contributed by atoms with Crippen LogP contribution < -0.4 is 5.32 Å². The van der Waals surface area contributed by atoms with Crippen LogP contribution >= 0.6 is 0 Å². The second-order valence-corrected chi connectivity index (χ2v) is 5.82. The Balaban J connectivity index is 1.69. The van der Waals surface area contributed by atoms with Crippen LogP contribution in [0.2, 0.25) is 0 Å². The minimum absolute atomic E-state index is 0.0171. The lowest BCUT2D eigenvalue weighted by Gasteiger charge is -2.29. The van der Waals surface area contributed by atoms with Gasteiger partial charge in [-0.1, -0.05) is 6.58 Å². The number of ether oxygens (including phenoxy) is 1. The monoisotopic (exact) mass is 291 g/mol. The molecule has 2 fully saturated rings. The van der Waals surface area contributed by atoms with Crippen LogP contribution in [-0.2, 0) is 9.53 Å². The Hall–Kier alpha value is -1.04. The maximum atomic E-state index is 12.7. The van der Waals surface area contributed by atoms with Crippen molar-refractivity contribution in [2.45, 2.75) is 38.5 Å². The van der Waals surface area contributed by atoms with E-state index >= 15 is 0 Å². The van der Waals surface area contributed by atoms with Gasteiger partial charge in [-0.15, -0.1) is 0 Å². The van der Waals surface area contributed by atoms with Gasteiger partial charge >= 0.3 is 6.18 Å². The Bertz CT molecular complexity index is 394. The molecule has 6 heteroatoms. The predicted octanol–water partition coefficient (Wildman–Crippen LogP) is 2.67. The van der Waals surface area contributed by atoms with Crippen molar-refractivity contribution in [3.05, 3.63) is 12.2 Å². The molecule has 0 aromatic heterocycles. The topological polar surface area (TPSA) is 38.3 Å². The second kappa shape index (κ2) is 5.76. The minimum Gasteiger partial charge on any atom is -0.376 e. The van der Waals surface area contributed by atoms with Crippen LogP contribution in [-0.4, -0.2) is 31.3 Å². The third kappa shape index (κ3) is 3.34. The summed E-state index contributed by atoms with van der Waals surface area (Å²) in [7, 11) is 0. The summed E-state index contributed by atoms with van der Waals surface area (Å²) < 4.78 is 43.8. The molecule has 0 aliphatic heterocycles. The molecule has 20 heavy (non-hydrogen) atoms. The lowest BCUT2D eigenvalue weighted by Crippen LogP contribution is -2.34. The number of amides is 1. The fraction of sp³-hybridized carbons (Fsp3) is 0.786. The minimum atomic E-state index is -4.07. The second-order valence-electron chi connectivity index (χ2n) is 5.82. The Kier molecular flexibility index (Phi) is 4.42. The number of rotatable bonds is 5. The van der Waals surface area contributed by atoms with E-state index in [2.05, 4.69) is 11.9 Å². The molecule has 2 aliphatic carbocycles. The van der Waals surface area contributed by atoms with Gasteiger partial charge in [0, 0.05) is 12.1 Å². The summed E-state index contributed by atoms with van der Waals surface area (Å²) in [5, 5.41) is 2.64. The molecule has 1 N–H and O–H groups in total. The molecule has 114 valence electrons. The number of hydrogen-bond donors (Lipinski definition) is 1. The lowest BCUT2D eigenvalue weighted by atomic mass is 9.87. The zero-order chi connectivity index (χ0) is 14.9. The highest BCUT2D eigenvalue weighted by Gasteiger charge is 2.56. The van der Waals surface area contributed by atoms with Crippen molar-refractivity contribution < 1.29 is 22.7 Å². The molecule has 1 amide bonds. The average Bonchev–Trinajstić information content (AvgIpc) is 2.92. The van der Waals surface area contributed by atoms with E-state index in [0.717, 1.165) is 0 Å². The highest BCUT2D eigenvalue weighted by Crippen LogP contribution is 2.54. The molecule has 0 aromatic carbocycles. The number of hydrogen-bond acceptors (Lipinski definition) is 2. The van der Waals surface area contributed by atoms with Crippen molar-refractivity contribution in [3.8, 4) is 0 Å². The van der Waals surface area contributed by atoms with Gasteiger partial charge in [0.05, 0.1) is 18.6 Å². The number of nitrogens with one attached hydrogen (secondary N) is 1. The molecule has 3 nitrogen and oxygen atoms in total. The smallest absolute Gasteiger partial charge is 0.376 e. The number of fused-ring (bicyclic) bond motifs is 2. The summed E-state index contributed by atoms with van der Waals surface area (Å²) in [4.78, 5) is 11.2. The third-order valence-corrected chi connectivity index (χ3v) is 4.32. The predicted molar refractivity (Wildman–Crippen MR) is 67.9 cm³/mol. The van der Waals surface area contributed by atoms with Gasteiger partial charge in [0.2, 0.25) is 5.91 Å². The van der Waals surface area contributed by atoms with Crippen LogP contribution in [0, 0.1) is 17.8 Å². The van der Waals surface area contributed by atoms with Crippen LogP contribution in [0.3, 0.4) is 0 Å². The van der Waals surface area contributed by atoms with Gasteiger partial charge in [-0.2, -0.15) is 13.2 Å². The highest BCUT2D eigenvalue weighted by atomic mass is 19.4. The first-order chi connectivity index (χ1) is 9.29. The normalized spacial score (nSPS) is 32.4. The van der Waals surface area contributed by atoms with Crippen LogP contribution in [0.15, 0.2) is 12.2 Å². The standard InChI is InChI=1S/C14H20F3NO2/c1-8(2)13(19)18-3-4-20-12-7-9-5-10(12)6-11(9)14(15,16)17/h9-12H,1,3-7H2,2H3,(H,18,19). The molecule has 0 spiro atoms. The number of carbonyl (C=O) groups excluding carboxylic acids is 1. The molecular formula is C14H20F3NO2. The summed E-state index contributed by atoms with van der Waals surface area (Å²) >= 11 is 0. The summed E-state index contributed by atoms with van der Waals surface area (Å²) in [6.07, 6.45) is -2.85. The van der Waals surface area contributed by atoms with E-state index in [-0.39, 0.29) is 30.3 Å². The molecule has 0 saturated heterocycles. The average molecular weight is 291 g/mol. The van der Waals surface area contributed by atoms with Gasteiger partial charge in [-0.25, -0.2) is 0 Å². The van der Waals surface area contributed by atoms with Crippen LogP contribution in [0.1, 0.15) is 26.2 Å². The molecule has 2 bridgehead atoms. The number of halogens is 3. The Labute approximate surface area is 116 Å². The van der Waals surface area contributed by atoms with Gasteiger partial charge in [-0.3, -0.25) is 4.79 Å². The van der Waals surface area contributed by atoms with E-state index in [1.165, 1.54) is 0 Å². The summed E-state index contributed by atoms with van der Waals surface area (Å²) in [5.41, 5.74) is 0.429. The van der Waals surface area contributed by atoms with E-state index in [0.29, 0.717) is 31.6 Å². The van der Waals surface area contributed by atoms with Crippen molar-refractivity contribution in [2.75, 3.05) is 13.2 Å². The first kappa shape index (κ1) is 15.4.